The number of nitrogens with one attached hydrogen (secondary N) is 1. The molecule has 35 heavy (non-hydrogen) atoms. The number of benzene rings is 2. The van der Waals surface area contributed by atoms with Gasteiger partial charge in [0.1, 0.15) is 6.54 Å². The zero-order chi connectivity index (χ0) is 25.7. The van der Waals surface area contributed by atoms with Crippen LogP contribution in [-0.4, -0.2) is 41.1 Å². The summed E-state index contributed by atoms with van der Waals surface area (Å²) in [7, 11) is 2.02. The van der Waals surface area contributed by atoms with E-state index in [2.05, 4.69) is 30.1 Å². The third-order valence-corrected chi connectivity index (χ3v) is 7.78. The van der Waals surface area contributed by atoms with Gasteiger partial charge in [-0.05, 0) is 86.9 Å². The number of anilines is 2. The average Bonchev–Trinajstić information content (AvgIpc) is 3.03. The van der Waals surface area contributed by atoms with Crippen LogP contribution in [0.15, 0.2) is 41.3 Å². The summed E-state index contributed by atoms with van der Waals surface area (Å²) in [5.74, 6) is -0.930. The van der Waals surface area contributed by atoms with Crippen molar-refractivity contribution in [3.63, 3.8) is 0 Å². The van der Waals surface area contributed by atoms with Gasteiger partial charge in [-0.25, -0.2) is 0 Å². The molecule has 6 nitrogen and oxygen atoms in total. The normalized spacial score (nSPS) is 18.1. The Bertz CT molecular complexity index is 1310. The van der Waals surface area contributed by atoms with Crippen LogP contribution in [0.25, 0.3) is 11.6 Å². The van der Waals surface area contributed by atoms with Crippen LogP contribution in [0.5, 0.6) is 0 Å². The molecule has 182 valence electrons. The molecule has 2 heterocycles. The van der Waals surface area contributed by atoms with E-state index in [1.165, 1.54) is 0 Å². The maximum atomic E-state index is 13.0. The van der Waals surface area contributed by atoms with Crippen molar-refractivity contribution in [3.8, 4) is 0 Å². The maximum Gasteiger partial charge on any atom is 0.294 e. The number of imide groups is 1. The molecule has 0 saturated carbocycles. The fourth-order valence-corrected chi connectivity index (χ4v) is 5.45. The van der Waals surface area contributed by atoms with E-state index in [9.17, 15) is 14.4 Å². The molecule has 0 radical (unpaired) electrons. The lowest BCUT2D eigenvalue weighted by atomic mass is 9.88. The van der Waals surface area contributed by atoms with Gasteiger partial charge >= 0.3 is 0 Å². The van der Waals surface area contributed by atoms with Crippen LogP contribution < -0.4 is 10.2 Å². The average molecular weight is 510 g/mol. The molecule has 8 heteroatoms. The number of thioether (sulfide) groups is 1. The lowest BCUT2D eigenvalue weighted by Gasteiger charge is -2.40. The van der Waals surface area contributed by atoms with E-state index in [1.807, 2.05) is 58.2 Å². The molecule has 0 unspecified atom stereocenters. The summed E-state index contributed by atoms with van der Waals surface area (Å²) >= 11 is 7.41. The zero-order valence-electron chi connectivity index (χ0n) is 20.7. The highest BCUT2D eigenvalue weighted by Gasteiger charge is 2.37. The van der Waals surface area contributed by atoms with Crippen molar-refractivity contribution in [1.29, 1.82) is 0 Å². The Labute approximate surface area is 215 Å². The largest absolute Gasteiger partial charge is 0.365 e. The Balaban J connectivity index is 1.57. The van der Waals surface area contributed by atoms with Crippen LogP contribution in [0, 0.1) is 13.8 Å². The summed E-state index contributed by atoms with van der Waals surface area (Å²) in [4.78, 5) is 41.6. The van der Waals surface area contributed by atoms with Crippen LogP contribution in [0.4, 0.5) is 16.2 Å². The van der Waals surface area contributed by atoms with Gasteiger partial charge in [-0.15, -0.1) is 0 Å². The fraction of sp³-hybridized carbons (Fsp3) is 0.296. The SMILES string of the molecule is CC1=CC(C)(C)N(C)c2cc(Cl)c(/C=C3/SC(=O)N(CC(=O)Nc4c(C)cccc4C)C3=O)cc21. The Morgan fingerprint density at radius 3 is 2.46 bits per heavy atom. The molecule has 0 spiro atoms. The minimum atomic E-state index is -0.504. The van der Waals surface area contributed by atoms with Gasteiger partial charge in [0.05, 0.1) is 10.4 Å². The fourth-order valence-electron chi connectivity index (χ4n) is 4.41. The number of allylic oxidation sites excluding steroid dienone is 1. The van der Waals surface area contributed by atoms with E-state index in [-0.39, 0.29) is 17.0 Å². The molecule has 2 aliphatic heterocycles. The summed E-state index contributed by atoms with van der Waals surface area (Å²) in [5.41, 5.74) is 6.16. The molecule has 0 atom stereocenters. The van der Waals surface area contributed by atoms with E-state index < -0.39 is 17.1 Å². The highest BCUT2D eigenvalue weighted by atomic mass is 35.5. The van der Waals surface area contributed by atoms with Crippen molar-refractivity contribution in [2.45, 2.75) is 40.2 Å². The van der Waals surface area contributed by atoms with Crippen molar-refractivity contribution in [2.24, 2.45) is 0 Å². The number of aryl methyl sites for hydroxylation is 2. The van der Waals surface area contributed by atoms with Crippen LogP contribution >= 0.6 is 23.4 Å². The topological polar surface area (TPSA) is 69.7 Å². The van der Waals surface area contributed by atoms with Gasteiger partial charge in [0.25, 0.3) is 11.1 Å². The van der Waals surface area contributed by atoms with Crippen molar-refractivity contribution >= 4 is 63.4 Å². The van der Waals surface area contributed by atoms with Crippen molar-refractivity contribution in [3.05, 3.63) is 68.6 Å². The number of fused-ring (bicyclic) bond motifs is 1. The molecule has 3 amide bonds. The molecule has 0 aliphatic carbocycles. The number of rotatable bonds is 4. The van der Waals surface area contributed by atoms with Crippen molar-refractivity contribution < 1.29 is 14.4 Å². The molecule has 2 aromatic carbocycles. The number of amides is 3. The van der Waals surface area contributed by atoms with E-state index in [0.29, 0.717) is 16.3 Å². The second-order valence-electron chi connectivity index (χ2n) is 9.51. The molecule has 2 aliphatic rings. The number of halogens is 1. The third kappa shape index (κ3) is 4.75. The number of hydrogen-bond acceptors (Lipinski definition) is 5. The van der Waals surface area contributed by atoms with Crippen molar-refractivity contribution in [1.82, 2.24) is 4.90 Å². The summed E-state index contributed by atoms with van der Waals surface area (Å²) < 4.78 is 0. The summed E-state index contributed by atoms with van der Waals surface area (Å²) in [5, 5.41) is 2.83. The number of carbonyl (C=O) groups is 3. The Hall–Kier alpha value is -3.03. The van der Waals surface area contributed by atoms with E-state index >= 15 is 0 Å². The van der Waals surface area contributed by atoms with Gasteiger partial charge in [0.15, 0.2) is 0 Å². The zero-order valence-corrected chi connectivity index (χ0v) is 22.2. The highest BCUT2D eigenvalue weighted by Crippen LogP contribution is 2.42. The maximum absolute atomic E-state index is 13.0. The first kappa shape index (κ1) is 25.1. The molecule has 1 N–H and O–H groups in total. The van der Waals surface area contributed by atoms with Gasteiger partial charge in [-0.2, -0.15) is 0 Å². The predicted octanol–water partition coefficient (Wildman–Crippen LogP) is 6.26. The van der Waals surface area contributed by atoms with E-state index in [0.717, 1.165) is 44.6 Å². The van der Waals surface area contributed by atoms with Gasteiger partial charge in [0, 0.05) is 29.0 Å². The van der Waals surface area contributed by atoms with E-state index in [4.69, 9.17) is 11.6 Å². The lowest BCUT2D eigenvalue weighted by molar-refractivity contribution is -0.127. The highest BCUT2D eigenvalue weighted by molar-refractivity contribution is 8.18. The summed E-state index contributed by atoms with van der Waals surface area (Å²) in [6.45, 7) is 9.75. The lowest BCUT2D eigenvalue weighted by Crippen LogP contribution is -2.42. The van der Waals surface area contributed by atoms with Crippen LogP contribution in [0.2, 0.25) is 5.02 Å². The van der Waals surface area contributed by atoms with Gasteiger partial charge in [-0.3, -0.25) is 19.3 Å². The Kier molecular flexibility index (Phi) is 6.60. The molecule has 0 aromatic heterocycles. The third-order valence-electron chi connectivity index (χ3n) is 6.54. The van der Waals surface area contributed by atoms with E-state index in [1.54, 1.807) is 6.08 Å². The predicted molar refractivity (Wildman–Crippen MR) is 145 cm³/mol. The number of carbonyl (C=O) groups excluding carboxylic acids is 3. The first-order valence-electron chi connectivity index (χ1n) is 11.3. The summed E-state index contributed by atoms with van der Waals surface area (Å²) in [6.07, 6.45) is 3.82. The van der Waals surface area contributed by atoms with Crippen LogP contribution in [0.1, 0.15) is 43.0 Å². The minimum absolute atomic E-state index is 0.151. The quantitative estimate of drug-likeness (QED) is 0.492. The van der Waals surface area contributed by atoms with Gasteiger partial charge < -0.3 is 10.2 Å². The standard InChI is InChI=1S/C27H28ClN3O3S/c1-15-8-7-9-16(2)24(15)29-23(32)14-31-25(33)22(35-26(31)34)11-18-10-19-17(3)13-27(4,5)30(6)21(19)12-20(18)28/h7-13H,14H2,1-6H3,(H,29,32)/b22-11+. The molecule has 2 aromatic rings. The van der Waals surface area contributed by atoms with Gasteiger partial charge in [0.2, 0.25) is 5.91 Å². The number of likely N-dealkylation sites (N-methyl/N-ethyl adjacent to an activating group) is 1. The molecule has 1 saturated heterocycles. The van der Waals surface area contributed by atoms with Crippen LogP contribution in [-0.2, 0) is 9.59 Å². The molecule has 0 bridgehead atoms. The second kappa shape index (κ2) is 9.21. The minimum Gasteiger partial charge on any atom is -0.365 e. The van der Waals surface area contributed by atoms with Crippen LogP contribution in [0.3, 0.4) is 0 Å². The first-order valence-corrected chi connectivity index (χ1v) is 12.5. The number of para-hydroxylation sites is 1. The second-order valence-corrected chi connectivity index (χ2v) is 10.9. The number of hydrogen-bond donors (Lipinski definition) is 1. The monoisotopic (exact) mass is 509 g/mol. The summed E-state index contributed by atoms with van der Waals surface area (Å²) in [6, 6.07) is 9.52. The molecular formula is C27H28ClN3O3S. The first-order chi connectivity index (χ1) is 16.4. The van der Waals surface area contributed by atoms with Gasteiger partial charge in [-0.1, -0.05) is 35.9 Å². The Morgan fingerprint density at radius 2 is 1.80 bits per heavy atom. The molecule has 1 fully saturated rings. The molecule has 4 rings (SSSR count). The van der Waals surface area contributed by atoms with Crippen molar-refractivity contribution in [2.75, 3.05) is 23.8 Å². The Morgan fingerprint density at radius 1 is 1.14 bits per heavy atom. The number of nitrogens with zero attached hydrogens (tertiary/aromatic N) is 2. The molecular weight excluding hydrogens is 482 g/mol. The smallest absolute Gasteiger partial charge is 0.294 e.